The van der Waals surface area contributed by atoms with Crippen molar-refractivity contribution in [1.29, 1.82) is 0 Å². The molecule has 0 saturated heterocycles. The lowest BCUT2D eigenvalue weighted by Crippen LogP contribution is -1.94. The highest BCUT2D eigenvalue weighted by Gasteiger charge is 2.03. The monoisotopic (exact) mass is 199 g/mol. The smallest absolute Gasteiger partial charge is 0.141 e. The molecule has 3 rings (SSSR count). The van der Waals surface area contributed by atoms with Crippen molar-refractivity contribution >= 4 is 11.0 Å². The van der Waals surface area contributed by atoms with Crippen LogP contribution >= 0.6 is 0 Å². The Labute approximate surface area is 86.0 Å². The van der Waals surface area contributed by atoms with Gasteiger partial charge in [-0.1, -0.05) is 0 Å². The highest BCUT2D eigenvalue weighted by atomic mass is 16.3. The first-order valence-electron chi connectivity index (χ1n) is 4.73. The third kappa shape index (κ3) is 1.50. The quantitative estimate of drug-likeness (QED) is 0.687. The van der Waals surface area contributed by atoms with E-state index < -0.39 is 0 Å². The first kappa shape index (κ1) is 8.23. The Morgan fingerprint density at radius 3 is 3.20 bits per heavy atom. The molecule has 3 aromatic rings. The molecule has 0 aromatic carbocycles. The number of nitrogens with zero attached hydrogens (tertiary/aromatic N) is 2. The van der Waals surface area contributed by atoms with E-state index in [0.29, 0.717) is 6.42 Å². The summed E-state index contributed by atoms with van der Waals surface area (Å²) in [7, 11) is 0. The number of H-pyrrole nitrogens is 1. The molecule has 15 heavy (non-hydrogen) atoms. The lowest BCUT2D eigenvalue weighted by Gasteiger charge is -1.96. The minimum Gasteiger partial charge on any atom is -0.469 e. The number of furan rings is 1. The summed E-state index contributed by atoms with van der Waals surface area (Å²) < 4.78 is 5.24. The molecule has 0 saturated carbocycles. The van der Waals surface area contributed by atoms with Gasteiger partial charge in [-0.05, 0) is 18.2 Å². The van der Waals surface area contributed by atoms with Gasteiger partial charge in [-0.2, -0.15) is 0 Å². The number of aromatic nitrogens is 3. The van der Waals surface area contributed by atoms with Crippen molar-refractivity contribution < 1.29 is 4.42 Å². The van der Waals surface area contributed by atoms with Gasteiger partial charge in [0.2, 0.25) is 0 Å². The van der Waals surface area contributed by atoms with Crippen LogP contribution in [0.3, 0.4) is 0 Å². The second kappa shape index (κ2) is 3.24. The van der Waals surface area contributed by atoms with E-state index in [1.807, 2.05) is 30.6 Å². The second-order valence-electron chi connectivity index (χ2n) is 3.32. The number of fused-ring (bicyclic) bond motifs is 1. The zero-order valence-corrected chi connectivity index (χ0v) is 7.97. The maximum absolute atomic E-state index is 5.24. The lowest BCUT2D eigenvalue weighted by molar-refractivity contribution is 0.517. The van der Waals surface area contributed by atoms with E-state index in [-0.39, 0.29) is 0 Å². The highest BCUT2D eigenvalue weighted by Crippen LogP contribution is 2.10. The van der Waals surface area contributed by atoms with Crippen LogP contribution in [0.4, 0.5) is 0 Å². The van der Waals surface area contributed by atoms with Gasteiger partial charge < -0.3 is 9.40 Å². The fraction of sp³-hybridized carbons (Fsp3) is 0.0909. The summed E-state index contributed by atoms with van der Waals surface area (Å²) in [5.74, 6) is 1.64. The van der Waals surface area contributed by atoms with Gasteiger partial charge in [0.25, 0.3) is 0 Å². The Balaban J connectivity index is 1.97. The van der Waals surface area contributed by atoms with Crippen LogP contribution in [0.5, 0.6) is 0 Å². The fourth-order valence-corrected chi connectivity index (χ4v) is 1.53. The zero-order valence-electron chi connectivity index (χ0n) is 7.97. The standard InChI is InChI=1S/C11H9N3O/c1-2-9(15-5-1)6-10-13-7-8-3-4-12-11(8)14-10/h1-5,7H,6H2,(H,12,13,14). The highest BCUT2D eigenvalue weighted by molar-refractivity contribution is 5.73. The molecular formula is C11H9N3O. The van der Waals surface area contributed by atoms with E-state index >= 15 is 0 Å². The minimum absolute atomic E-state index is 0.627. The number of aromatic amines is 1. The molecule has 3 aromatic heterocycles. The molecule has 0 radical (unpaired) electrons. The molecule has 0 aliphatic heterocycles. The van der Waals surface area contributed by atoms with Crippen LogP contribution in [0.25, 0.3) is 11.0 Å². The predicted molar refractivity (Wildman–Crippen MR) is 55.4 cm³/mol. The van der Waals surface area contributed by atoms with Gasteiger partial charge >= 0.3 is 0 Å². The van der Waals surface area contributed by atoms with Crippen molar-refractivity contribution in [2.75, 3.05) is 0 Å². The molecule has 0 fully saturated rings. The summed E-state index contributed by atoms with van der Waals surface area (Å²) >= 11 is 0. The molecule has 3 heterocycles. The van der Waals surface area contributed by atoms with Crippen LogP contribution in [-0.2, 0) is 6.42 Å². The minimum atomic E-state index is 0.627. The van der Waals surface area contributed by atoms with E-state index in [1.165, 1.54) is 0 Å². The van der Waals surface area contributed by atoms with E-state index in [1.54, 1.807) is 6.26 Å². The van der Waals surface area contributed by atoms with Crippen LogP contribution in [0.1, 0.15) is 11.6 Å². The van der Waals surface area contributed by atoms with E-state index in [9.17, 15) is 0 Å². The molecule has 74 valence electrons. The lowest BCUT2D eigenvalue weighted by atomic mass is 10.3. The van der Waals surface area contributed by atoms with Gasteiger partial charge in [0, 0.05) is 17.8 Å². The Bertz CT molecular complexity index is 568. The van der Waals surface area contributed by atoms with Crippen LogP contribution < -0.4 is 0 Å². The molecule has 4 heteroatoms. The normalized spacial score (nSPS) is 10.9. The molecule has 0 amide bonds. The third-order valence-electron chi connectivity index (χ3n) is 2.26. The molecule has 0 aliphatic carbocycles. The summed E-state index contributed by atoms with van der Waals surface area (Å²) in [6.45, 7) is 0. The van der Waals surface area contributed by atoms with Crippen molar-refractivity contribution in [3.05, 3.63) is 48.4 Å². The van der Waals surface area contributed by atoms with Crippen LogP contribution in [0.15, 0.2) is 41.3 Å². The maximum Gasteiger partial charge on any atom is 0.141 e. The number of rotatable bonds is 2. The number of hydrogen-bond acceptors (Lipinski definition) is 3. The van der Waals surface area contributed by atoms with E-state index in [2.05, 4.69) is 15.0 Å². The van der Waals surface area contributed by atoms with Gasteiger partial charge in [-0.15, -0.1) is 0 Å². The largest absolute Gasteiger partial charge is 0.469 e. The van der Waals surface area contributed by atoms with Gasteiger partial charge in [0.05, 0.1) is 12.7 Å². The molecular weight excluding hydrogens is 190 g/mol. The summed E-state index contributed by atoms with van der Waals surface area (Å²) in [5.41, 5.74) is 0.867. The summed E-state index contributed by atoms with van der Waals surface area (Å²) in [6.07, 6.45) is 5.96. The molecule has 1 N–H and O–H groups in total. The Kier molecular flexibility index (Phi) is 1.78. The van der Waals surface area contributed by atoms with Gasteiger partial charge in [-0.25, -0.2) is 9.97 Å². The summed E-state index contributed by atoms with van der Waals surface area (Å²) in [5, 5.41) is 1.03. The molecule has 0 atom stereocenters. The van der Waals surface area contributed by atoms with Gasteiger partial charge in [0.15, 0.2) is 0 Å². The molecule has 0 unspecified atom stereocenters. The van der Waals surface area contributed by atoms with Crippen LogP contribution in [-0.4, -0.2) is 15.0 Å². The zero-order chi connectivity index (χ0) is 10.1. The van der Waals surface area contributed by atoms with Crippen molar-refractivity contribution in [2.45, 2.75) is 6.42 Å². The summed E-state index contributed by atoms with van der Waals surface area (Å²) in [6, 6.07) is 5.73. The maximum atomic E-state index is 5.24. The average Bonchev–Trinajstić information content (AvgIpc) is 2.87. The van der Waals surface area contributed by atoms with Crippen molar-refractivity contribution in [3.8, 4) is 0 Å². The SMILES string of the molecule is c1coc(Cc2ncc3cc[nH]c3n2)c1. The van der Waals surface area contributed by atoms with Gasteiger partial charge in [0.1, 0.15) is 17.2 Å². The molecule has 0 bridgehead atoms. The van der Waals surface area contributed by atoms with Gasteiger partial charge in [-0.3, -0.25) is 0 Å². The summed E-state index contributed by atoms with van der Waals surface area (Å²) in [4.78, 5) is 11.7. The van der Waals surface area contributed by atoms with E-state index in [0.717, 1.165) is 22.6 Å². The van der Waals surface area contributed by atoms with Crippen LogP contribution in [0, 0.1) is 0 Å². The molecule has 0 spiro atoms. The Hall–Kier alpha value is -2.10. The number of hydrogen-bond donors (Lipinski definition) is 1. The average molecular weight is 199 g/mol. The first-order chi connectivity index (χ1) is 7.42. The number of nitrogens with one attached hydrogen (secondary N) is 1. The van der Waals surface area contributed by atoms with Crippen molar-refractivity contribution in [3.63, 3.8) is 0 Å². The third-order valence-corrected chi connectivity index (χ3v) is 2.26. The van der Waals surface area contributed by atoms with Crippen molar-refractivity contribution in [2.24, 2.45) is 0 Å². The topological polar surface area (TPSA) is 54.7 Å². The molecule has 0 aliphatic rings. The fourth-order valence-electron chi connectivity index (χ4n) is 1.53. The first-order valence-corrected chi connectivity index (χ1v) is 4.73. The second-order valence-corrected chi connectivity index (χ2v) is 3.32. The van der Waals surface area contributed by atoms with Crippen LogP contribution in [0.2, 0.25) is 0 Å². The molecule has 4 nitrogen and oxygen atoms in total. The Morgan fingerprint density at radius 2 is 2.33 bits per heavy atom. The Morgan fingerprint density at radius 1 is 1.33 bits per heavy atom. The van der Waals surface area contributed by atoms with E-state index in [4.69, 9.17) is 4.42 Å². The predicted octanol–water partition coefficient (Wildman–Crippen LogP) is 2.14. The van der Waals surface area contributed by atoms with Crippen molar-refractivity contribution in [1.82, 2.24) is 15.0 Å².